The Labute approximate surface area is 220 Å². The predicted octanol–water partition coefficient (Wildman–Crippen LogP) is 3.29. The Bertz CT molecular complexity index is 1340. The number of piperazine rings is 1. The van der Waals surface area contributed by atoms with Crippen LogP contribution in [0.1, 0.15) is 34.5 Å². The molecule has 11 heteroatoms. The maximum atomic E-state index is 13.6. The number of carbonyl (C=O) groups is 2. The lowest BCUT2D eigenvalue weighted by molar-refractivity contribution is 0.0207. The van der Waals surface area contributed by atoms with E-state index >= 15 is 0 Å². The van der Waals surface area contributed by atoms with Crippen molar-refractivity contribution in [1.29, 1.82) is 5.41 Å². The Morgan fingerprint density at radius 1 is 1.03 bits per heavy atom. The summed E-state index contributed by atoms with van der Waals surface area (Å²) in [7, 11) is 0. The molecule has 2 amide bonds. The van der Waals surface area contributed by atoms with E-state index in [1.54, 1.807) is 11.1 Å². The molecule has 1 aliphatic carbocycles. The number of benzene rings is 2. The fraction of sp³-hybridized carbons (Fsp3) is 0.370. The highest BCUT2D eigenvalue weighted by Gasteiger charge is 2.42. The number of hydrogen-bond donors (Lipinski definition) is 3. The van der Waals surface area contributed by atoms with E-state index in [0.717, 1.165) is 43.0 Å². The molecule has 2 aromatic rings. The van der Waals surface area contributed by atoms with E-state index in [0.29, 0.717) is 54.7 Å². The molecule has 4 aliphatic rings. The van der Waals surface area contributed by atoms with Gasteiger partial charge in [0.1, 0.15) is 11.7 Å². The average Bonchev–Trinajstić information content (AvgIpc) is 3.49. The zero-order chi connectivity index (χ0) is 26.2. The average molecular weight is 515 g/mol. The van der Waals surface area contributed by atoms with Crippen LogP contribution in [0.25, 0.3) is 5.70 Å². The summed E-state index contributed by atoms with van der Waals surface area (Å²) >= 11 is 0. The zero-order valence-electron chi connectivity index (χ0n) is 21.2. The van der Waals surface area contributed by atoms with Gasteiger partial charge in [0.2, 0.25) is 0 Å². The van der Waals surface area contributed by atoms with E-state index in [9.17, 15) is 9.59 Å². The SMILES string of the molecule is CC(=N)N1CCN(c2ccc(C3=C4C(=O)c5c(NC(=O)NN6CCOCC6)cccc5C4N=N3)cc2)CC1. The van der Waals surface area contributed by atoms with Crippen LogP contribution in [0.2, 0.25) is 0 Å². The minimum absolute atomic E-state index is 0.158. The molecule has 3 heterocycles. The maximum absolute atomic E-state index is 13.6. The number of urea groups is 1. The molecule has 1 atom stereocenters. The van der Waals surface area contributed by atoms with E-state index in [2.05, 4.69) is 30.8 Å². The third kappa shape index (κ3) is 4.44. The molecule has 6 rings (SSSR count). The standard InChI is InChI=1S/C27H30N8O3/c1-17(28)33-9-11-34(12-10-33)19-7-5-18(6-8-19)24-23-25(31-30-24)20-3-2-4-21(22(20)26(23)36)29-27(37)32-35-13-15-38-16-14-35/h2-8,25,28H,9-16H2,1H3,(H2,29,32,37). The van der Waals surface area contributed by atoms with Gasteiger partial charge in [0.25, 0.3) is 0 Å². The van der Waals surface area contributed by atoms with Gasteiger partial charge in [-0.2, -0.15) is 10.2 Å². The minimum Gasteiger partial charge on any atom is -0.379 e. The number of Topliss-reactive ketones (excluding diaryl/α,β-unsaturated/α-hetero) is 1. The molecular weight excluding hydrogens is 484 g/mol. The third-order valence-corrected chi connectivity index (χ3v) is 7.44. The Morgan fingerprint density at radius 2 is 1.76 bits per heavy atom. The summed E-state index contributed by atoms with van der Waals surface area (Å²) in [6.07, 6.45) is 0. The first kappa shape index (κ1) is 24.3. The first-order chi connectivity index (χ1) is 18.5. The van der Waals surface area contributed by atoms with E-state index in [1.165, 1.54) is 0 Å². The van der Waals surface area contributed by atoms with Crippen molar-refractivity contribution in [3.8, 4) is 0 Å². The lowest BCUT2D eigenvalue weighted by Crippen LogP contribution is -2.49. The molecule has 3 aliphatic heterocycles. The number of nitrogens with zero attached hydrogens (tertiary/aromatic N) is 5. The number of fused-ring (bicyclic) bond motifs is 3. The smallest absolute Gasteiger partial charge is 0.333 e. The quantitative estimate of drug-likeness (QED) is 0.425. The van der Waals surface area contributed by atoms with Crippen molar-refractivity contribution in [2.75, 3.05) is 62.7 Å². The van der Waals surface area contributed by atoms with Crippen LogP contribution in [0.15, 0.2) is 58.3 Å². The lowest BCUT2D eigenvalue weighted by atomic mass is 10.0. The van der Waals surface area contributed by atoms with Crippen molar-refractivity contribution in [2.45, 2.75) is 13.0 Å². The number of carbonyl (C=O) groups excluding carboxylic acids is 2. The Hall–Kier alpha value is -4.09. The van der Waals surface area contributed by atoms with E-state index < -0.39 is 12.1 Å². The molecule has 1 unspecified atom stereocenters. The number of hydrogen-bond acceptors (Lipinski definition) is 8. The van der Waals surface area contributed by atoms with Gasteiger partial charge in [-0.05, 0) is 30.7 Å². The summed E-state index contributed by atoms with van der Waals surface area (Å²) in [6.45, 7) is 7.53. The Balaban J connectivity index is 1.20. The molecule has 2 aromatic carbocycles. The molecule has 2 fully saturated rings. The topological polar surface area (TPSA) is 126 Å². The van der Waals surface area contributed by atoms with Gasteiger partial charge in [-0.3, -0.25) is 15.6 Å². The molecule has 0 spiro atoms. The van der Waals surface area contributed by atoms with Gasteiger partial charge < -0.3 is 19.9 Å². The van der Waals surface area contributed by atoms with Gasteiger partial charge in [0, 0.05) is 50.5 Å². The first-order valence-corrected chi connectivity index (χ1v) is 12.9. The second-order valence-electron chi connectivity index (χ2n) is 9.75. The molecule has 11 nitrogen and oxygen atoms in total. The third-order valence-electron chi connectivity index (χ3n) is 7.44. The zero-order valence-corrected chi connectivity index (χ0v) is 21.2. The number of ether oxygens (including phenoxy) is 1. The van der Waals surface area contributed by atoms with Crippen LogP contribution in [-0.2, 0) is 4.74 Å². The normalized spacial score (nSPS) is 21.0. The van der Waals surface area contributed by atoms with Crippen molar-refractivity contribution in [3.05, 3.63) is 64.7 Å². The molecular formula is C27H30N8O3. The molecule has 2 saturated heterocycles. The van der Waals surface area contributed by atoms with Crippen LogP contribution in [0.5, 0.6) is 0 Å². The highest BCUT2D eigenvalue weighted by atomic mass is 16.5. The Kier molecular flexibility index (Phi) is 6.38. The van der Waals surface area contributed by atoms with Crippen molar-refractivity contribution >= 4 is 34.7 Å². The number of ketones is 1. The van der Waals surface area contributed by atoms with Crippen LogP contribution >= 0.6 is 0 Å². The van der Waals surface area contributed by atoms with Crippen LogP contribution in [-0.4, -0.2) is 80.0 Å². The summed E-state index contributed by atoms with van der Waals surface area (Å²) < 4.78 is 5.32. The number of anilines is 2. The number of amidine groups is 1. The second-order valence-corrected chi connectivity index (χ2v) is 9.75. The van der Waals surface area contributed by atoms with Crippen LogP contribution < -0.4 is 15.6 Å². The highest BCUT2D eigenvalue weighted by Crippen LogP contribution is 2.49. The van der Waals surface area contributed by atoms with Crippen molar-refractivity contribution < 1.29 is 14.3 Å². The number of rotatable bonds is 4. The van der Waals surface area contributed by atoms with Crippen molar-refractivity contribution in [2.24, 2.45) is 10.2 Å². The maximum Gasteiger partial charge on any atom is 0.333 e. The highest BCUT2D eigenvalue weighted by molar-refractivity contribution is 6.22. The van der Waals surface area contributed by atoms with Gasteiger partial charge in [-0.15, -0.1) is 0 Å². The number of amides is 2. The van der Waals surface area contributed by atoms with Gasteiger partial charge in [-0.25, -0.2) is 9.80 Å². The molecule has 0 aromatic heterocycles. The monoisotopic (exact) mass is 514 g/mol. The molecule has 0 saturated carbocycles. The molecule has 3 N–H and O–H groups in total. The van der Waals surface area contributed by atoms with Gasteiger partial charge in [0.05, 0.1) is 35.9 Å². The second kappa shape index (κ2) is 9.99. The summed E-state index contributed by atoms with van der Waals surface area (Å²) in [6, 6.07) is 12.6. The molecule has 0 bridgehead atoms. The fourth-order valence-electron chi connectivity index (χ4n) is 5.41. The van der Waals surface area contributed by atoms with Crippen LogP contribution in [0.3, 0.4) is 0 Å². The first-order valence-electron chi connectivity index (χ1n) is 12.9. The molecule has 38 heavy (non-hydrogen) atoms. The van der Waals surface area contributed by atoms with E-state index in [1.807, 2.05) is 43.3 Å². The van der Waals surface area contributed by atoms with Crippen molar-refractivity contribution in [1.82, 2.24) is 15.3 Å². The Morgan fingerprint density at radius 3 is 2.47 bits per heavy atom. The van der Waals surface area contributed by atoms with Gasteiger partial charge in [0.15, 0.2) is 5.78 Å². The molecule has 196 valence electrons. The van der Waals surface area contributed by atoms with E-state index in [4.69, 9.17) is 10.1 Å². The summed E-state index contributed by atoms with van der Waals surface area (Å²) in [5.74, 6) is 0.447. The lowest BCUT2D eigenvalue weighted by Gasteiger charge is -2.36. The van der Waals surface area contributed by atoms with Crippen LogP contribution in [0, 0.1) is 5.41 Å². The summed E-state index contributed by atoms with van der Waals surface area (Å²) in [4.78, 5) is 30.7. The number of nitrogens with one attached hydrogen (secondary N) is 3. The van der Waals surface area contributed by atoms with Crippen LogP contribution in [0.4, 0.5) is 16.2 Å². The minimum atomic E-state index is -0.464. The van der Waals surface area contributed by atoms with Crippen molar-refractivity contribution in [3.63, 3.8) is 0 Å². The largest absolute Gasteiger partial charge is 0.379 e. The number of morpholine rings is 1. The van der Waals surface area contributed by atoms with Gasteiger partial charge >= 0.3 is 6.03 Å². The summed E-state index contributed by atoms with van der Waals surface area (Å²) in [5, 5.41) is 21.3. The number of azo groups is 1. The number of hydrazine groups is 1. The fourth-order valence-corrected chi connectivity index (χ4v) is 5.41. The molecule has 0 radical (unpaired) electrons. The predicted molar refractivity (Wildman–Crippen MR) is 143 cm³/mol. The van der Waals surface area contributed by atoms with Gasteiger partial charge in [-0.1, -0.05) is 24.3 Å². The summed E-state index contributed by atoms with van der Waals surface area (Å²) in [5.41, 5.74) is 7.57. The van der Waals surface area contributed by atoms with E-state index in [-0.39, 0.29) is 5.78 Å².